The fourth-order valence-corrected chi connectivity index (χ4v) is 5.69. The van der Waals surface area contributed by atoms with E-state index in [2.05, 4.69) is 13.8 Å². The molecule has 0 heterocycles. The summed E-state index contributed by atoms with van der Waals surface area (Å²) in [4.78, 5) is 4.77. The van der Waals surface area contributed by atoms with Crippen LogP contribution < -0.4 is 0 Å². The monoisotopic (exact) mass is 224 g/mol. The molecule has 2 nitrogen and oxygen atoms in total. The topological polar surface area (TPSA) is 29.5 Å². The first-order chi connectivity index (χ1) is 7.70. The molecule has 4 aliphatic carbocycles. The third kappa shape index (κ3) is 1.26. The smallest absolute Gasteiger partial charge is 0.0960 e. The van der Waals surface area contributed by atoms with Gasteiger partial charge in [0.2, 0.25) is 0 Å². The molecule has 0 aromatic rings. The summed E-state index contributed by atoms with van der Waals surface area (Å²) >= 11 is 0. The highest BCUT2D eigenvalue weighted by Gasteiger charge is 2.58. The molecule has 1 unspecified atom stereocenters. The molecule has 4 fully saturated rings. The van der Waals surface area contributed by atoms with Crippen molar-refractivity contribution in [2.45, 2.75) is 58.5 Å². The van der Waals surface area contributed by atoms with Crippen molar-refractivity contribution in [3.63, 3.8) is 0 Å². The van der Waals surface area contributed by atoms with Gasteiger partial charge in [-0.15, -0.1) is 0 Å². The normalized spacial score (nSPS) is 51.9. The fourth-order valence-electron chi connectivity index (χ4n) is 5.69. The van der Waals surface area contributed by atoms with Gasteiger partial charge in [-0.05, 0) is 69.1 Å². The maximum atomic E-state index is 9.12. The third-order valence-corrected chi connectivity index (χ3v) is 6.19. The van der Waals surface area contributed by atoms with Crippen LogP contribution in [0.2, 0.25) is 0 Å². The Morgan fingerprint density at radius 2 is 1.62 bits per heavy atom. The molecule has 4 bridgehead atoms. The summed E-state index contributed by atoms with van der Waals surface area (Å²) in [6, 6.07) is 0. The van der Waals surface area contributed by atoms with E-state index in [9.17, 15) is 0 Å². The van der Waals surface area contributed by atoms with Gasteiger partial charge in [-0.1, -0.05) is 6.92 Å². The SMILES string of the molecule is CCC1(C(C)OO)C2CC3CC(C2)CC1C3. The summed E-state index contributed by atoms with van der Waals surface area (Å²) in [7, 11) is 0. The molecule has 1 atom stereocenters. The minimum atomic E-state index is 0.0208. The van der Waals surface area contributed by atoms with E-state index in [4.69, 9.17) is 10.1 Å². The number of hydrogen-bond donors (Lipinski definition) is 1. The molecule has 4 rings (SSSR count). The molecule has 0 saturated heterocycles. The highest BCUT2D eigenvalue weighted by Crippen LogP contribution is 2.64. The van der Waals surface area contributed by atoms with Gasteiger partial charge < -0.3 is 0 Å². The molecule has 2 heteroatoms. The van der Waals surface area contributed by atoms with Crippen LogP contribution in [-0.2, 0) is 4.89 Å². The summed E-state index contributed by atoms with van der Waals surface area (Å²) in [5, 5.41) is 9.12. The van der Waals surface area contributed by atoms with Gasteiger partial charge in [-0.25, -0.2) is 4.89 Å². The molecule has 16 heavy (non-hydrogen) atoms. The van der Waals surface area contributed by atoms with Gasteiger partial charge in [0.1, 0.15) is 0 Å². The van der Waals surface area contributed by atoms with E-state index in [-0.39, 0.29) is 11.5 Å². The Balaban J connectivity index is 1.94. The van der Waals surface area contributed by atoms with Crippen LogP contribution in [0.5, 0.6) is 0 Å². The maximum Gasteiger partial charge on any atom is 0.0960 e. The van der Waals surface area contributed by atoms with Crippen molar-refractivity contribution in [2.75, 3.05) is 0 Å². The Bertz CT molecular complexity index is 246. The van der Waals surface area contributed by atoms with Crippen molar-refractivity contribution in [1.29, 1.82) is 0 Å². The van der Waals surface area contributed by atoms with Gasteiger partial charge in [0.15, 0.2) is 0 Å². The molecule has 0 aliphatic heterocycles. The largest absolute Gasteiger partial charge is 0.252 e. The van der Waals surface area contributed by atoms with E-state index in [0.29, 0.717) is 0 Å². The molecule has 0 amide bonds. The molecule has 0 radical (unpaired) electrons. The highest BCUT2D eigenvalue weighted by atomic mass is 17.1. The molecule has 4 aliphatic rings. The quantitative estimate of drug-likeness (QED) is 0.585. The summed E-state index contributed by atoms with van der Waals surface area (Å²) in [5.74, 6) is 3.62. The fraction of sp³-hybridized carbons (Fsp3) is 1.00. The number of rotatable bonds is 3. The van der Waals surface area contributed by atoms with Gasteiger partial charge in [0.25, 0.3) is 0 Å². The first-order valence-corrected chi connectivity index (χ1v) is 7.00. The lowest BCUT2D eigenvalue weighted by Gasteiger charge is -2.62. The second-order valence-corrected chi connectivity index (χ2v) is 6.52. The van der Waals surface area contributed by atoms with Crippen LogP contribution in [-0.4, -0.2) is 11.4 Å². The Kier molecular flexibility index (Phi) is 2.56. The Morgan fingerprint density at radius 1 is 1.12 bits per heavy atom. The van der Waals surface area contributed by atoms with Crippen molar-refractivity contribution < 1.29 is 10.1 Å². The molecule has 4 saturated carbocycles. The van der Waals surface area contributed by atoms with Crippen LogP contribution >= 0.6 is 0 Å². The van der Waals surface area contributed by atoms with Gasteiger partial charge in [-0.2, -0.15) is 0 Å². The van der Waals surface area contributed by atoms with Gasteiger partial charge in [-0.3, -0.25) is 5.26 Å². The van der Waals surface area contributed by atoms with Crippen molar-refractivity contribution in [3.8, 4) is 0 Å². The van der Waals surface area contributed by atoms with E-state index in [1.165, 1.54) is 38.5 Å². The lowest BCUT2D eigenvalue weighted by atomic mass is 9.43. The molecule has 0 aromatic heterocycles. The van der Waals surface area contributed by atoms with E-state index < -0.39 is 0 Å². The average Bonchev–Trinajstić information content (AvgIpc) is 2.28. The molecular weight excluding hydrogens is 200 g/mol. The third-order valence-electron chi connectivity index (χ3n) is 6.19. The maximum absolute atomic E-state index is 9.12. The first-order valence-electron chi connectivity index (χ1n) is 7.00. The summed E-state index contributed by atoms with van der Waals surface area (Å²) in [6.07, 6.45) is 8.27. The standard InChI is InChI=1S/C14H24O2/c1-3-14(9(2)16-15)12-5-10-4-11(7-12)8-13(14)6-10/h9-13,15H,3-8H2,1-2H3. The predicted molar refractivity (Wildman–Crippen MR) is 62.9 cm³/mol. The second-order valence-electron chi connectivity index (χ2n) is 6.52. The van der Waals surface area contributed by atoms with Crippen molar-refractivity contribution >= 4 is 0 Å². The van der Waals surface area contributed by atoms with Crippen molar-refractivity contribution in [1.82, 2.24) is 0 Å². The van der Waals surface area contributed by atoms with Crippen LogP contribution in [0.15, 0.2) is 0 Å². The summed E-state index contributed by atoms with van der Waals surface area (Å²) in [5.41, 5.74) is 0.280. The van der Waals surface area contributed by atoms with E-state index in [1.807, 2.05) is 0 Å². The molecule has 0 aromatic carbocycles. The highest BCUT2D eigenvalue weighted by molar-refractivity contribution is 5.07. The molecule has 92 valence electrons. The first kappa shape index (κ1) is 11.0. The number of hydrogen-bond acceptors (Lipinski definition) is 2. The van der Waals surface area contributed by atoms with Crippen LogP contribution in [0.3, 0.4) is 0 Å². The molecule has 1 N–H and O–H groups in total. The zero-order valence-corrected chi connectivity index (χ0v) is 10.5. The predicted octanol–water partition coefficient (Wildman–Crippen LogP) is 3.72. The van der Waals surface area contributed by atoms with Crippen LogP contribution in [0.25, 0.3) is 0 Å². The molecular formula is C14H24O2. The average molecular weight is 224 g/mol. The van der Waals surface area contributed by atoms with Crippen LogP contribution in [0.1, 0.15) is 52.4 Å². The van der Waals surface area contributed by atoms with E-state index in [0.717, 1.165) is 23.7 Å². The lowest BCUT2D eigenvalue weighted by molar-refractivity contribution is -0.325. The van der Waals surface area contributed by atoms with E-state index >= 15 is 0 Å². The van der Waals surface area contributed by atoms with Gasteiger partial charge >= 0.3 is 0 Å². The lowest BCUT2D eigenvalue weighted by Crippen LogP contribution is -2.57. The minimum Gasteiger partial charge on any atom is -0.252 e. The Morgan fingerprint density at radius 3 is 2.00 bits per heavy atom. The summed E-state index contributed by atoms with van der Waals surface area (Å²) < 4.78 is 0. The summed E-state index contributed by atoms with van der Waals surface area (Å²) in [6.45, 7) is 4.36. The zero-order valence-electron chi connectivity index (χ0n) is 10.5. The van der Waals surface area contributed by atoms with E-state index in [1.54, 1.807) is 0 Å². The van der Waals surface area contributed by atoms with Gasteiger partial charge in [0, 0.05) is 5.41 Å². The van der Waals surface area contributed by atoms with Gasteiger partial charge in [0.05, 0.1) is 6.10 Å². The van der Waals surface area contributed by atoms with Crippen molar-refractivity contribution in [2.24, 2.45) is 29.1 Å². The second kappa shape index (κ2) is 3.71. The Labute approximate surface area is 98.3 Å². The minimum absolute atomic E-state index is 0.0208. The van der Waals surface area contributed by atoms with Crippen LogP contribution in [0, 0.1) is 29.1 Å². The molecule has 0 spiro atoms. The van der Waals surface area contributed by atoms with Crippen molar-refractivity contribution in [3.05, 3.63) is 0 Å². The van der Waals surface area contributed by atoms with Crippen LogP contribution in [0.4, 0.5) is 0 Å². The zero-order chi connectivity index (χ0) is 11.3. The Hall–Kier alpha value is -0.0800.